The van der Waals surface area contributed by atoms with Crippen LogP contribution in [-0.2, 0) is 9.47 Å². The van der Waals surface area contributed by atoms with Crippen molar-refractivity contribution in [1.29, 1.82) is 0 Å². The van der Waals surface area contributed by atoms with Gasteiger partial charge in [0.25, 0.3) is 0 Å². The molecule has 2 rings (SSSR count). The quantitative estimate of drug-likeness (QED) is 0.918. The minimum absolute atomic E-state index is 0.0191. The molecule has 1 fully saturated rings. The molecular formula is C12H15BrO4. The lowest BCUT2D eigenvalue weighted by atomic mass is 10.3. The van der Waals surface area contributed by atoms with Crippen molar-refractivity contribution >= 4 is 15.9 Å². The molecule has 0 aromatic heterocycles. The van der Waals surface area contributed by atoms with E-state index in [2.05, 4.69) is 15.9 Å². The third kappa shape index (κ3) is 3.96. The van der Waals surface area contributed by atoms with Crippen LogP contribution in [0.25, 0.3) is 0 Å². The van der Waals surface area contributed by atoms with Gasteiger partial charge in [-0.1, -0.05) is 15.9 Å². The zero-order valence-corrected chi connectivity index (χ0v) is 10.9. The van der Waals surface area contributed by atoms with E-state index in [0.29, 0.717) is 19.8 Å². The number of hydrogen-bond acceptors (Lipinski definition) is 4. The lowest BCUT2D eigenvalue weighted by Gasteiger charge is -2.28. The summed E-state index contributed by atoms with van der Waals surface area (Å²) in [5.74, 6) is 0.794. The van der Waals surface area contributed by atoms with E-state index < -0.39 is 0 Å². The first-order valence-electron chi connectivity index (χ1n) is 5.50. The molecule has 5 heteroatoms. The minimum Gasteiger partial charge on any atom is -0.491 e. The molecule has 0 bridgehead atoms. The van der Waals surface area contributed by atoms with E-state index in [1.54, 1.807) is 0 Å². The summed E-state index contributed by atoms with van der Waals surface area (Å²) in [6.07, 6.45) is -0.355. The second-order valence-corrected chi connectivity index (χ2v) is 4.78. The molecule has 0 spiro atoms. The zero-order chi connectivity index (χ0) is 12.1. The molecule has 1 aliphatic rings. The predicted molar refractivity (Wildman–Crippen MR) is 66.2 cm³/mol. The fourth-order valence-electron chi connectivity index (χ4n) is 1.58. The maximum absolute atomic E-state index is 8.97. The summed E-state index contributed by atoms with van der Waals surface area (Å²) in [5, 5.41) is 8.97. The molecule has 1 heterocycles. The number of benzene rings is 1. The van der Waals surface area contributed by atoms with Crippen LogP contribution in [0.15, 0.2) is 28.7 Å². The highest BCUT2D eigenvalue weighted by Crippen LogP contribution is 2.17. The number of halogens is 1. The summed E-state index contributed by atoms with van der Waals surface area (Å²) >= 11 is 3.36. The molecule has 1 aliphatic heterocycles. The van der Waals surface area contributed by atoms with Crippen molar-refractivity contribution in [3.8, 4) is 5.75 Å². The maximum Gasteiger partial charge on any atom is 0.119 e. The van der Waals surface area contributed by atoms with Gasteiger partial charge in [0.05, 0.1) is 19.8 Å². The Morgan fingerprint density at radius 3 is 2.65 bits per heavy atom. The van der Waals surface area contributed by atoms with Crippen molar-refractivity contribution < 1.29 is 19.3 Å². The highest BCUT2D eigenvalue weighted by molar-refractivity contribution is 9.10. The fraction of sp³-hybridized carbons (Fsp3) is 0.500. The Labute approximate surface area is 109 Å². The molecule has 0 radical (unpaired) electrons. The highest BCUT2D eigenvalue weighted by Gasteiger charge is 2.22. The van der Waals surface area contributed by atoms with Crippen molar-refractivity contribution in [2.75, 3.05) is 26.4 Å². The number of hydrogen-bond donors (Lipinski definition) is 1. The van der Waals surface area contributed by atoms with Gasteiger partial charge >= 0.3 is 0 Å². The summed E-state index contributed by atoms with van der Waals surface area (Å²) in [7, 11) is 0. The Hall–Kier alpha value is -0.620. The largest absolute Gasteiger partial charge is 0.491 e. The van der Waals surface area contributed by atoms with Crippen LogP contribution in [0.5, 0.6) is 5.75 Å². The van der Waals surface area contributed by atoms with Gasteiger partial charge in [-0.3, -0.25) is 0 Å². The van der Waals surface area contributed by atoms with E-state index in [1.807, 2.05) is 24.3 Å². The smallest absolute Gasteiger partial charge is 0.119 e. The number of aliphatic hydroxyl groups is 1. The third-order valence-corrected chi connectivity index (χ3v) is 2.97. The fourth-order valence-corrected chi connectivity index (χ4v) is 1.85. The molecule has 17 heavy (non-hydrogen) atoms. The van der Waals surface area contributed by atoms with Crippen LogP contribution >= 0.6 is 15.9 Å². The summed E-state index contributed by atoms with van der Waals surface area (Å²) < 4.78 is 17.5. The summed E-state index contributed by atoms with van der Waals surface area (Å²) in [6, 6.07) is 7.61. The van der Waals surface area contributed by atoms with Crippen molar-refractivity contribution in [2.24, 2.45) is 0 Å². The average Bonchev–Trinajstić information content (AvgIpc) is 2.38. The zero-order valence-electron chi connectivity index (χ0n) is 9.34. The lowest BCUT2D eigenvalue weighted by Crippen LogP contribution is -2.41. The van der Waals surface area contributed by atoms with Crippen LogP contribution in [0.3, 0.4) is 0 Å². The summed E-state index contributed by atoms with van der Waals surface area (Å²) in [5.41, 5.74) is 0. The Balaban J connectivity index is 1.79. The van der Waals surface area contributed by atoms with Gasteiger partial charge in [0.1, 0.15) is 24.6 Å². The highest BCUT2D eigenvalue weighted by atomic mass is 79.9. The standard InChI is InChI=1S/C12H15BrO4/c13-9-1-3-10(4-2-9)16-8-12-7-15-6-11(5-14)17-12/h1-4,11-12,14H,5-8H2. The van der Waals surface area contributed by atoms with E-state index in [4.69, 9.17) is 19.3 Å². The SMILES string of the molecule is OCC1COCC(COc2ccc(Br)cc2)O1. The van der Waals surface area contributed by atoms with Gasteiger partial charge in [-0.25, -0.2) is 0 Å². The molecule has 4 nitrogen and oxygen atoms in total. The van der Waals surface area contributed by atoms with Gasteiger partial charge in [-0.15, -0.1) is 0 Å². The second kappa shape index (κ2) is 6.35. The minimum atomic E-state index is -0.234. The predicted octanol–water partition coefficient (Wildman–Crippen LogP) is 1.60. The van der Waals surface area contributed by atoms with Gasteiger partial charge in [0.15, 0.2) is 0 Å². The molecule has 1 N–H and O–H groups in total. The van der Waals surface area contributed by atoms with Gasteiger partial charge in [-0.05, 0) is 24.3 Å². The molecule has 0 amide bonds. The molecule has 0 saturated carbocycles. The topological polar surface area (TPSA) is 47.9 Å². The monoisotopic (exact) mass is 302 g/mol. The summed E-state index contributed by atoms with van der Waals surface area (Å²) in [6.45, 7) is 1.37. The first kappa shape index (κ1) is 12.8. The Kier molecular flexibility index (Phi) is 4.79. The third-order valence-electron chi connectivity index (χ3n) is 2.45. The molecular weight excluding hydrogens is 288 g/mol. The van der Waals surface area contributed by atoms with Crippen molar-refractivity contribution in [2.45, 2.75) is 12.2 Å². The molecule has 94 valence electrons. The molecule has 0 aliphatic carbocycles. The molecule has 1 aromatic rings. The van der Waals surface area contributed by atoms with Crippen molar-refractivity contribution in [1.82, 2.24) is 0 Å². The van der Waals surface area contributed by atoms with Gasteiger partial charge in [0, 0.05) is 4.47 Å². The molecule has 2 atom stereocenters. The van der Waals surface area contributed by atoms with Crippen LogP contribution in [0.2, 0.25) is 0 Å². The first-order valence-corrected chi connectivity index (χ1v) is 6.29. The van der Waals surface area contributed by atoms with Crippen molar-refractivity contribution in [3.63, 3.8) is 0 Å². The van der Waals surface area contributed by atoms with E-state index in [1.165, 1.54) is 0 Å². The second-order valence-electron chi connectivity index (χ2n) is 3.87. The van der Waals surface area contributed by atoms with Crippen LogP contribution in [0, 0.1) is 0 Å². The molecule has 2 unspecified atom stereocenters. The summed E-state index contributed by atoms with van der Waals surface area (Å²) in [4.78, 5) is 0. The van der Waals surface area contributed by atoms with Gasteiger partial charge in [0.2, 0.25) is 0 Å². The van der Waals surface area contributed by atoms with Crippen LogP contribution in [-0.4, -0.2) is 43.7 Å². The Morgan fingerprint density at radius 1 is 1.24 bits per heavy atom. The number of rotatable bonds is 4. The normalized spacial score (nSPS) is 24.6. The first-order chi connectivity index (χ1) is 8.28. The molecule has 1 saturated heterocycles. The van der Waals surface area contributed by atoms with Gasteiger partial charge < -0.3 is 19.3 Å². The van der Waals surface area contributed by atoms with Crippen LogP contribution in [0.4, 0.5) is 0 Å². The number of aliphatic hydroxyl groups excluding tert-OH is 1. The van der Waals surface area contributed by atoms with E-state index in [0.717, 1.165) is 10.2 Å². The average molecular weight is 303 g/mol. The maximum atomic E-state index is 8.97. The van der Waals surface area contributed by atoms with Gasteiger partial charge in [-0.2, -0.15) is 0 Å². The van der Waals surface area contributed by atoms with E-state index >= 15 is 0 Å². The van der Waals surface area contributed by atoms with E-state index in [-0.39, 0.29) is 18.8 Å². The van der Waals surface area contributed by atoms with Crippen LogP contribution in [0.1, 0.15) is 0 Å². The van der Waals surface area contributed by atoms with Crippen molar-refractivity contribution in [3.05, 3.63) is 28.7 Å². The number of ether oxygens (including phenoxy) is 3. The lowest BCUT2D eigenvalue weighted by molar-refractivity contribution is -0.158. The molecule has 1 aromatic carbocycles. The van der Waals surface area contributed by atoms with Crippen LogP contribution < -0.4 is 4.74 Å². The Bertz CT molecular complexity index is 341. The van der Waals surface area contributed by atoms with E-state index in [9.17, 15) is 0 Å². The Morgan fingerprint density at radius 2 is 1.94 bits per heavy atom.